The van der Waals surface area contributed by atoms with Gasteiger partial charge in [0.1, 0.15) is 5.60 Å². The molecular formula is C26H47NO6. The Labute approximate surface area is 200 Å². The molecule has 2 aliphatic rings. The molecule has 0 aromatic carbocycles. The van der Waals surface area contributed by atoms with Crippen LogP contribution in [0.3, 0.4) is 0 Å². The highest BCUT2D eigenvalue weighted by Crippen LogP contribution is 2.32. The first-order valence-corrected chi connectivity index (χ1v) is 13.0. The maximum Gasteiger partial charge on any atom is 0.407 e. The molecule has 1 heterocycles. The van der Waals surface area contributed by atoms with E-state index in [1.54, 1.807) is 0 Å². The summed E-state index contributed by atoms with van der Waals surface area (Å²) in [7, 11) is 0. The van der Waals surface area contributed by atoms with Gasteiger partial charge in [0.25, 0.3) is 0 Å². The number of rotatable bonds is 11. The lowest BCUT2D eigenvalue weighted by Gasteiger charge is -2.37. The molecule has 1 aliphatic carbocycles. The van der Waals surface area contributed by atoms with Crippen molar-refractivity contribution < 1.29 is 28.9 Å². The molecule has 192 valence electrons. The number of carboxylic acids is 1. The lowest BCUT2D eigenvalue weighted by Crippen LogP contribution is -2.50. The third-order valence-corrected chi connectivity index (χ3v) is 6.55. The Morgan fingerprint density at radius 3 is 2.24 bits per heavy atom. The van der Waals surface area contributed by atoms with E-state index >= 15 is 0 Å². The fourth-order valence-corrected chi connectivity index (χ4v) is 5.02. The minimum atomic E-state index is -0.810. The van der Waals surface area contributed by atoms with E-state index in [0.29, 0.717) is 25.4 Å². The van der Waals surface area contributed by atoms with E-state index in [0.717, 1.165) is 38.5 Å². The number of carbonyl (C=O) groups is 2. The number of ether oxygens (including phenoxy) is 3. The molecule has 0 bridgehead atoms. The quantitative estimate of drug-likeness (QED) is 0.391. The number of carbonyl (C=O) groups excluding carboxylic acids is 1. The van der Waals surface area contributed by atoms with Gasteiger partial charge in [-0.3, -0.25) is 4.79 Å². The van der Waals surface area contributed by atoms with Gasteiger partial charge >= 0.3 is 12.1 Å². The lowest BCUT2D eigenvalue weighted by atomic mass is 9.81. The fourth-order valence-electron chi connectivity index (χ4n) is 5.02. The van der Waals surface area contributed by atoms with Gasteiger partial charge in [0.05, 0.1) is 18.1 Å². The van der Waals surface area contributed by atoms with E-state index in [1.807, 2.05) is 34.6 Å². The zero-order valence-corrected chi connectivity index (χ0v) is 21.4. The Morgan fingerprint density at radius 2 is 1.70 bits per heavy atom. The highest BCUT2D eigenvalue weighted by atomic mass is 16.7. The van der Waals surface area contributed by atoms with Gasteiger partial charge in [0, 0.05) is 6.61 Å². The van der Waals surface area contributed by atoms with Gasteiger partial charge in [-0.25, -0.2) is 4.79 Å². The van der Waals surface area contributed by atoms with E-state index in [9.17, 15) is 14.7 Å². The zero-order chi connectivity index (χ0) is 24.4. The molecule has 1 amide bonds. The number of nitrogens with one attached hydrogen (secondary N) is 1. The van der Waals surface area contributed by atoms with Crippen molar-refractivity contribution >= 4 is 12.1 Å². The second-order valence-corrected chi connectivity index (χ2v) is 11.4. The molecule has 7 nitrogen and oxygen atoms in total. The lowest BCUT2D eigenvalue weighted by molar-refractivity contribution is -0.199. The second kappa shape index (κ2) is 13.5. The molecule has 3 unspecified atom stereocenters. The SMILES string of the molecule is CC(C)CC(CC(O[C@H]1CCCCO1)C(CC1CCCCC1)NC(=O)OC(C)(C)C)C(=O)O. The Balaban J connectivity index is 2.24. The molecule has 1 aliphatic heterocycles. The van der Waals surface area contributed by atoms with Crippen LogP contribution in [-0.4, -0.2) is 47.8 Å². The molecule has 0 aromatic heterocycles. The van der Waals surface area contributed by atoms with Crippen LogP contribution in [0.1, 0.15) is 105 Å². The normalized spacial score (nSPS) is 23.0. The zero-order valence-electron chi connectivity index (χ0n) is 21.4. The molecule has 4 atom stereocenters. The molecule has 0 radical (unpaired) electrons. The number of hydrogen-bond donors (Lipinski definition) is 2. The van der Waals surface area contributed by atoms with Crippen molar-refractivity contribution in [3.8, 4) is 0 Å². The van der Waals surface area contributed by atoms with Crippen molar-refractivity contribution in [1.29, 1.82) is 0 Å². The van der Waals surface area contributed by atoms with Gasteiger partial charge in [-0.1, -0.05) is 46.0 Å². The van der Waals surface area contributed by atoms with Crippen LogP contribution in [-0.2, 0) is 19.0 Å². The molecular weight excluding hydrogens is 422 g/mol. The van der Waals surface area contributed by atoms with Crippen LogP contribution in [0.5, 0.6) is 0 Å². The summed E-state index contributed by atoms with van der Waals surface area (Å²) in [6, 6.07) is -0.317. The van der Waals surface area contributed by atoms with Crippen molar-refractivity contribution in [3.63, 3.8) is 0 Å². The number of carboxylic acid groups (broad SMARTS) is 1. The Kier molecular flexibility index (Phi) is 11.4. The van der Waals surface area contributed by atoms with E-state index in [1.165, 1.54) is 19.3 Å². The minimum Gasteiger partial charge on any atom is -0.481 e. The van der Waals surface area contributed by atoms with E-state index in [2.05, 4.69) is 5.32 Å². The first-order valence-electron chi connectivity index (χ1n) is 13.0. The molecule has 2 N–H and O–H groups in total. The van der Waals surface area contributed by atoms with E-state index in [4.69, 9.17) is 14.2 Å². The molecule has 33 heavy (non-hydrogen) atoms. The Morgan fingerprint density at radius 1 is 1.03 bits per heavy atom. The standard InChI is InChI=1S/C26H47NO6/c1-18(2)15-20(24(28)29)17-22(32-23-13-9-10-14-31-23)21(16-19-11-7-6-8-12-19)27-25(30)33-26(3,4)5/h18-23H,6-17H2,1-5H3,(H,27,30)(H,28,29)/t20?,21?,22?,23-/m0/s1. The van der Waals surface area contributed by atoms with Gasteiger partial charge in [0.15, 0.2) is 6.29 Å². The summed E-state index contributed by atoms with van der Waals surface area (Å²) in [5, 5.41) is 13.0. The number of aliphatic carboxylic acids is 1. The first-order chi connectivity index (χ1) is 15.5. The molecule has 2 rings (SSSR count). The summed E-state index contributed by atoms with van der Waals surface area (Å²) in [6.07, 6.45) is 9.17. The largest absolute Gasteiger partial charge is 0.481 e. The number of amides is 1. The minimum absolute atomic E-state index is 0.258. The molecule has 2 fully saturated rings. The molecule has 7 heteroatoms. The molecule has 1 saturated heterocycles. The fraction of sp³-hybridized carbons (Fsp3) is 0.923. The van der Waals surface area contributed by atoms with Crippen LogP contribution in [0, 0.1) is 17.8 Å². The van der Waals surface area contributed by atoms with Crippen molar-refractivity contribution in [3.05, 3.63) is 0 Å². The maximum absolute atomic E-state index is 12.8. The Bertz CT molecular complexity index is 590. The highest BCUT2D eigenvalue weighted by Gasteiger charge is 2.35. The third kappa shape index (κ3) is 11.1. The molecule has 0 aromatic rings. The summed E-state index contributed by atoms with van der Waals surface area (Å²) in [6.45, 7) is 10.3. The topological polar surface area (TPSA) is 94.1 Å². The van der Waals surface area contributed by atoms with Gasteiger partial charge in [0.2, 0.25) is 0 Å². The summed E-state index contributed by atoms with van der Waals surface area (Å²) in [5.74, 6) is -0.595. The molecule has 1 saturated carbocycles. The second-order valence-electron chi connectivity index (χ2n) is 11.4. The van der Waals surface area contributed by atoms with E-state index in [-0.39, 0.29) is 18.2 Å². The van der Waals surface area contributed by atoms with Gasteiger partial charge in [-0.15, -0.1) is 0 Å². The van der Waals surface area contributed by atoms with Gasteiger partial charge in [-0.05, 0) is 71.1 Å². The van der Waals surface area contributed by atoms with Gasteiger partial charge in [-0.2, -0.15) is 0 Å². The predicted octanol–water partition coefficient (Wildman–Crippen LogP) is 5.90. The predicted molar refractivity (Wildman–Crippen MR) is 128 cm³/mol. The number of alkyl carbamates (subject to hydrolysis) is 1. The Hall–Kier alpha value is -1.34. The number of hydrogen-bond acceptors (Lipinski definition) is 5. The highest BCUT2D eigenvalue weighted by molar-refractivity contribution is 5.70. The monoisotopic (exact) mass is 469 g/mol. The van der Waals surface area contributed by atoms with Crippen LogP contribution < -0.4 is 5.32 Å². The average molecular weight is 470 g/mol. The molecule has 0 spiro atoms. The third-order valence-electron chi connectivity index (χ3n) is 6.55. The van der Waals surface area contributed by atoms with Crippen LogP contribution in [0.4, 0.5) is 4.79 Å². The van der Waals surface area contributed by atoms with Crippen molar-refractivity contribution in [2.24, 2.45) is 17.8 Å². The smallest absolute Gasteiger partial charge is 0.407 e. The van der Waals surface area contributed by atoms with Crippen LogP contribution in [0.2, 0.25) is 0 Å². The van der Waals surface area contributed by atoms with Crippen molar-refractivity contribution in [2.45, 2.75) is 129 Å². The van der Waals surface area contributed by atoms with Crippen LogP contribution in [0.15, 0.2) is 0 Å². The maximum atomic E-state index is 12.8. The van der Waals surface area contributed by atoms with Crippen LogP contribution >= 0.6 is 0 Å². The van der Waals surface area contributed by atoms with Crippen molar-refractivity contribution in [2.75, 3.05) is 6.61 Å². The summed E-state index contributed by atoms with van der Waals surface area (Å²) < 4.78 is 17.8. The van der Waals surface area contributed by atoms with E-state index < -0.39 is 29.7 Å². The van der Waals surface area contributed by atoms with Gasteiger partial charge < -0.3 is 24.6 Å². The summed E-state index contributed by atoms with van der Waals surface area (Å²) in [5.41, 5.74) is -0.608. The summed E-state index contributed by atoms with van der Waals surface area (Å²) >= 11 is 0. The van der Waals surface area contributed by atoms with Crippen LogP contribution in [0.25, 0.3) is 0 Å². The average Bonchev–Trinajstić information content (AvgIpc) is 2.72. The first kappa shape index (κ1) is 27.9. The summed E-state index contributed by atoms with van der Waals surface area (Å²) in [4.78, 5) is 24.9. The van der Waals surface area contributed by atoms with Crippen molar-refractivity contribution in [1.82, 2.24) is 5.32 Å².